The molecular weight excluding hydrogens is 448 g/mol. The van der Waals surface area contributed by atoms with E-state index in [1.165, 1.54) is 54.6 Å². The SMILES string of the molecule is C1=CC(c2ccc3cc(-c4ccccc4Nc4cc5ccccc5c5ccccc45)ccc3c2)=CCN1. The number of hydrogen-bond acceptors (Lipinski definition) is 2. The van der Waals surface area contributed by atoms with Crippen molar-refractivity contribution in [2.75, 3.05) is 11.9 Å². The largest absolute Gasteiger partial charge is 0.387 e. The Morgan fingerprint density at radius 2 is 1.24 bits per heavy atom. The second-order valence-electron chi connectivity index (χ2n) is 9.54. The van der Waals surface area contributed by atoms with Crippen LogP contribution in [0.2, 0.25) is 0 Å². The van der Waals surface area contributed by atoms with Crippen molar-refractivity contribution < 1.29 is 0 Å². The second-order valence-corrected chi connectivity index (χ2v) is 9.54. The molecule has 6 aromatic carbocycles. The van der Waals surface area contributed by atoms with Crippen LogP contribution in [0.4, 0.5) is 11.4 Å². The molecule has 6 aromatic rings. The Bertz CT molecular complexity index is 1860. The van der Waals surface area contributed by atoms with Crippen molar-refractivity contribution in [2.24, 2.45) is 0 Å². The van der Waals surface area contributed by atoms with Crippen LogP contribution >= 0.6 is 0 Å². The molecule has 0 amide bonds. The molecule has 0 aliphatic carbocycles. The van der Waals surface area contributed by atoms with Gasteiger partial charge in [0.15, 0.2) is 0 Å². The van der Waals surface area contributed by atoms with Crippen LogP contribution < -0.4 is 10.6 Å². The van der Waals surface area contributed by atoms with Crippen LogP contribution in [0, 0.1) is 0 Å². The van der Waals surface area contributed by atoms with Gasteiger partial charge in [0.25, 0.3) is 0 Å². The topological polar surface area (TPSA) is 24.1 Å². The minimum atomic E-state index is 0.874. The summed E-state index contributed by atoms with van der Waals surface area (Å²) in [6.07, 6.45) is 6.39. The van der Waals surface area contributed by atoms with Gasteiger partial charge in [-0.1, -0.05) is 97.1 Å². The fourth-order valence-electron chi connectivity index (χ4n) is 5.41. The average molecular weight is 475 g/mol. The highest BCUT2D eigenvalue weighted by Gasteiger charge is 2.11. The predicted molar refractivity (Wildman–Crippen MR) is 159 cm³/mol. The molecular formula is C35H26N2. The zero-order chi connectivity index (χ0) is 24.6. The average Bonchev–Trinajstić information content (AvgIpc) is 2.97. The molecule has 0 fully saturated rings. The molecule has 1 aliphatic heterocycles. The molecule has 0 saturated heterocycles. The van der Waals surface area contributed by atoms with Gasteiger partial charge in [0.05, 0.1) is 0 Å². The zero-order valence-corrected chi connectivity index (χ0v) is 20.4. The summed E-state index contributed by atoms with van der Waals surface area (Å²) in [5.74, 6) is 0. The maximum atomic E-state index is 3.79. The molecule has 0 atom stereocenters. The van der Waals surface area contributed by atoms with E-state index in [1.807, 2.05) is 6.20 Å². The lowest BCUT2D eigenvalue weighted by Crippen LogP contribution is -2.08. The van der Waals surface area contributed by atoms with Crippen molar-refractivity contribution in [1.82, 2.24) is 5.32 Å². The lowest BCUT2D eigenvalue weighted by atomic mass is 9.96. The summed E-state index contributed by atoms with van der Waals surface area (Å²) in [4.78, 5) is 0. The number of dihydropyridines is 1. The van der Waals surface area contributed by atoms with E-state index in [-0.39, 0.29) is 0 Å². The lowest BCUT2D eigenvalue weighted by Gasteiger charge is -2.16. The van der Waals surface area contributed by atoms with Gasteiger partial charge >= 0.3 is 0 Å². The first kappa shape index (κ1) is 21.5. The Morgan fingerprint density at radius 3 is 2.08 bits per heavy atom. The summed E-state index contributed by atoms with van der Waals surface area (Å²) < 4.78 is 0. The number of anilines is 2. The summed E-state index contributed by atoms with van der Waals surface area (Å²) in [6.45, 7) is 0.874. The smallest absolute Gasteiger partial charge is 0.0470 e. The zero-order valence-electron chi connectivity index (χ0n) is 20.4. The minimum Gasteiger partial charge on any atom is -0.387 e. The van der Waals surface area contributed by atoms with Crippen LogP contribution in [-0.2, 0) is 0 Å². The summed E-state index contributed by atoms with van der Waals surface area (Å²) >= 11 is 0. The van der Waals surface area contributed by atoms with Crippen LogP contribution in [0.25, 0.3) is 49.0 Å². The Balaban J connectivity index is 1.30. The molecule has 7 rings (SSSR count). The van der Waals surface area contributed by atoms with Crippen LogP contribution in [-0.4, -0.2) is 6.54 Å². The van der Waals surface area contributed by atoms with Crippen LogP contribution in [0.1, 0.15) is 5.56 Å². The number of benzene rings is 6. The molecule has 2 heteroatoms. The van der Waals surface area contributed by atoms with E-state index < -0.39 is 0 Å². The number of rotatable bonds is 4. The Kier molecular flexibility index (Phi) is 5.22. The lowest BCUT2D eigenvalue weighted by molar-refractivity contribution is 0.976. The molecule has 0 aromatic heterocycles. The van der Waals surface area contributed by atoms with Gasteiger partial charge in [-0.15, -0.1) is 0 Å². The van der Waals surface area contributed by atoms with E-state index in [2.05, 4.69) is 138 Å². The molecule has 2 nitrogen and oxygen atoms in total. The quantitative estimate of drug-likeness (QED) is 0.249. The summed E-state index contributed by atoms with van der Waals surface area (Å²) in [6, 6.07) is 41.6. The van der Waals surface area contributed by atoms with Gasteiger partial charge in [-0.3, -0.25) is 0 Å². The van der Waals surface area contributed by atoms with Gasteiger partial charge < -0.3 is 10.6 Å². The fourth-order valence-corrected chi connectivity index (χ4v) is 5.41. The molecule has 0 saturated carbocycles. The molecule has 0 radical (unpaired) electrons. The Labute approximate surface area is 216 Å². The highest BCUT2D eigenvalue weighted by molar-refractivity contribution is 6.13. The van der Waals surface area contributed by atoms with Crippen LogP contribution in [0.3, 0.4) is 0 Å². The van der Waals surface area contributed by atoms with Crippen molar-refractivity contribution in [3.05, 3.63) is 139 Å². The number of allylic oxidation sites excluding steroid dienone is 2. The maximum Gasteiger partial charge on any atom is 0.0470 e. The monoisotopic (exact) mass is 474 g/mol. The predicted octanol–water partition coefficient (Wildman–Crippen LogP) is 9.06. The van der Waals surface area contributed by atoms with Crippen molar-refractivity contribution in [2.45, 2.75) is 0 Å². The van der Waals surface area contributed by atoms with Gasteiger partial charge in [0.1, 0.15) is 0 Å². The van der Waals surface area contributed by atoms with Gasteiger partial charge in [0.2, 0.25) is 0 Å². The summed E-state index contributed by atoms with van der Waals surface area (Å²) in [5, 5.41) is 14.5. The third-order valence-electron chi connectivity index (χ3n) is 7.27. The first-order valence-corrected chi connectivity index (χ1v) is 12.7. The highest BCUT2D eigenvalue weighted by atomic mass is 14.9. The molecule has 0 spiro atoms. The third-order valence-corrected chi connectivity index (χ3v) is 7.27. The van der Waals surface area contributed by atoms with Gasteiger partial charge in [0, 0.05) is 28.9 Å². The Morgan fingerprint density at radius 1 is 0.541 bits per heavy atom. The number of nitrogens with one attached hydrogen (secondary N) is 2. The molecule has 37 heavy (non-hydrogen) atoms. The highest BCUT2D eigenvalue weighted by Crippen LogP contribution is 2.37. The van der Waals surface area contributed by atoms with Gasteiger partial charge in [-0.2, -0.15) is 0 Å². The number of para-hydroxylation sites is 1. The molecule has 0 unspecified atom stereocenters. The van der Waals surface area contributed by atoms with Gasteiger partial charge in [-0.25, -0.2) is 0 Å². The standard InChI is InChI=1S/C35H26N2/c1-2-8-30-28(7-1)23-35(33-11-4-3-10-32(30)33)37-34-12-6-5-9-31(34)29-16-15-26-21-25(13-14-27(26)22-29)24-17-19-36-20-18-24/h1-19,21-23,36-37H,20H2. The van der Waals surface area contributed by atoms with Crippen molar-refractivity contribution in [3.63, 3.8) is 0 Å². The minimum absolute atomic E-state index is 0.874. The molecule has 176 valence electrons. The van der Waals surface area contributed by atoms with E-state index in [9.17, 15) is 0 Å². The summed E-state index contributed by atoms with van der Waals surface area (Å²) in [7, 11) is 0. The normalized spacial score (nSPS) is 13.0. The Hall–Kier alpha value is -4.82. The van der Waals surface area contributed by atoms with Crippen molar-refractivity contribution in [3.8, 4) is 11.1 Å². The van der Waals surface area contributed by atoms with Crippen molar-refractivity contribution >= 4 is 49.3 Å². The van der Waals surface area contributed by atoms with Gasteiger partial charge in [-0.05, 0) is 80.2 Å². The van der Waals surface area contributed by atoms with Crippen LogP contribution in [0.5, 0.6) is 0 Å². The molecule has 2 N–H and O–H groups in total. The fraction of sp³-hybridized carbons (Fsp3) is 0.0286. The van der Waals surface area contributed by atoms with E-state index in [0.717, 1.165) is 17.9 Å². The molecule has 1 aliphatic rings. The molecule has 0 bridgehead atoms. The molecule has 1 heterocycles. The number of fused-ring (bicyclic) bond motifs is 4. The summed E-state index contributed by atoms with van der Waals surface area (Å²) in [5.41, 5.74) is 7.13. The van der Waals surface area contributed by atoms with Crippen LogP contribution in [0.15, 0.2) is 134 Å². The number of hydrogen-bond donors (Lipinski definition) is 2. The second kappa shape index (κ2) is 9.00. The van der Waals surface area contributed by atoms with E-state index in [0.29, 0.717) is 0 Å². The van der Waals surface area contributed by atoms with E-state index in [1.54, 1.807) is 0 Å². The van der Waals surface area contributed by atoms with E-state index >= 15 is 0 Å². The third kappa shape index (κ3) is 3.93. The first-order valence-electron chi connectivity index (χ1n) is 12.7. The first-order chi connectivity index (χ1) is 18.3. The van der Waals surface area contributed by atoms with Crippen molar-refractivity contribution in [1.29, 1.82) is 0 Å². The maximum absolute atomic E-state index is 3.79. The van der Waals surface area contributed by atoms with E-state index in [4.69, 9.17) is 0 Å².